The summed E-state index contributed by atoms with van der Waals surface area (Å²) in [6, 6.07) is 11.8. The fraction of sp³-hybridized carbons (Fsp3) is 0.133. The second-order valence-electron chi connectivity index (χ2n) is 4.53. The van der Waals surface area contributed by atoms with Gasteiger partial charge in [-0.15, -0.1) is 0 Å². The fourth-order valence-corrected chi connectivity index (χ4v) is 1.96. The SMILES string of the molecule is Cc1cc(C)c([N+](=O)[O-])cc1NC(=O)c1ccccc1. The monoisotopic (exact) mass is 270 g/mol. The van der Waals surface area contributed by atoms with E-state index in [2.05, 4.69) is 5.32 Å². The summed E-state index contributed by atoms with van der Waals surface area (Å²) in [6.07, 6.45) is 0. The molecule has 0 radical (unpaired) electrons. The Hall–Kier alpha value is -2.69. The van der Waals surface area contributed by atoms with Crippen LogP contribution in [-0.4, -0.2) is 10.8 Å². The van der Waals surface area contributed by atoms with Crippen molar-refractivity contribution in [2.24, 2.45) is 0 Å². The number of amides is 1. The molecule has 5 nitrogen and oxygen atoms in total. The number of aryl methyl sites for hydroxylation is 2. The number of hydrogen-bond donors (Lipinski definition) is 1. The third kappa shape index (κ3) is 2.83. The van der Waals surface area contributed by atoms with Crippen LogP contribution in [0.2, 0.25) is 0 Å². The lowest BCUT2D eigenvalue weighted by Crippen LogP contribution is -2.13. The Morgan fingerprint density at radius 3 is 2.35 bits per heavy atom. The van der Waals surface area contributed by atoms with E-state index in [0.717, 1.165) is 5.56 Å². The Bertz CT molecular complexity index is 666. The van der Waals surface area contributed by atoms with Gasteiger partial charge < -0.3 is 5.32 Å². The topological polar surface area (TPSA) is 72.2 Å². The highest BCUT2D eigenvalue weighted by Crippen LogP contribution is 2.26. The molecule has 2 rings (SSSR count). The zero-order chi connectivity index (χ0) is 14.7. The standard InChI is InChI=1S/C15H14N2O3/c1-10-8-11(2)14(17(19)20)9-13(10)16-15(18)12-6-4-3-5-7-12/h3-9H,1-2H3,(H,16,18). The molecule has 0 fully saturated rings. The Morgan fingerprint density at radius 1 is 1.10 bits per heavy atom. The zero-order valence-electron chi connectivity index (χ0n) is 11.2. The van der Waals surface area contributed by atoms with Crippen LogP contribution in [0.3, 0.4) is 0 Å². The smallest absolute Gasteiger partial charge is 0.274 e. The maximum Gasteiger partial charge on any atom is 0.274 e. The molecule has 1 amide bonds. The average Bonchev–Trinajstić information content (AvgIpc) is 2.42. The predicted octanol–water partition coefficient (Wildman–Crippen LogP) is 3.46. The number of nitrogens with zero attached hydrogens (tertiary/aromatic N) is 1. The molecule has 0 aromatic heterocycles. The van der Waals surface area contributed by atoms with E-state index in [0.29, 0.717) is 16.8 Å². The molecule has 2 aromatic carbocycles. The van der Waals surface area contributed by atoms with Crippen molar-refractivity contribution in [3.05, 3.63) is 69.3 Å². The Balaban J connectivity index is 2.32. The average molecular weight is 270 g/mol. The first-order valence-corrected chi connectivity index (χ1v) is 6.11. The first-order chi connectivity index (χ1) is 9.49. The highest BCUT2D eigenvalue weighted by Gasteiger charge is 2.15. The number of hydrogen-bond acceptors (Lipinski definition) is 3. The number of nitro groups is 1. The molecule has 0 aliphatic carbocycles. The maximum atomic E-state index is 12.1. The molecular weight excluding hydrogens is 256 g/mol. The quantitative estimate of drug-likeness (QED) is 0.685. The van der Waals surface area contributed by atoms with Gasteiger partial charge in [-0.25, -0.2) is 0 Å². The van der Waals surface area contributed by atoms with E-state index < -0.39 is 4.92 Å². The number of anilines is 1. The lowest BCUT2D eigenvalue weighted by molar-refractivity contribution is -0.385. The van der Waals surface area contributed by atoms with E-state index in [-0.39, 0.29) is 11.6 Å². The summed E-state index contributed by atoms with van der Waals surface area (Å²) in [5, 5.41) is 13.6. The molecule has 0 atom stereocenters. The second-order valence-corrected chi connectivity index (χ2v) is 4.53. The summed E-state index contributed by atoms with van der Waals surface area (Å²) in [4.78, 5) is 22.5. The van der Waals surface area contributed by atoms with Gasteiger partial charge >= 0.3 is 0 Å². The minimum absolute atomic E-state index is 0.000961. The van der Waals surface area contributed by atoms with Crippen molar-refractivity contribution in [2.75, 3.05) is 5.32 Å². The molecule has 2 aromatic rings. The highest BCUT2D eigenvalue weighted by molar-refractivity contribution is 6.04. The number of benzene rings is 2. The van der Waals surface area contributed by atoms with Crippen LogP contribution in [0.25, 0.3) is 0 Å². The first-order valence-electron chi connectivity index (χ1n) is 6.11. The summed E-state index contributed by atoms with van der Waals surface area (Å²) in [6.45, 7) is 3.48. The molecule has 1 N–H and O–H groups in total. The third-order valence-corrected chi connectivity index (χ3v) is 3.02. The minimum atomic E-state index is -0.451. The second kappa shape index (κ2) is 5.52. The predicted molar refractivity (Wildman–Crippen MR) is 77.0 cm³/mol. The van der Waals surface area contributed by atoms with Gasteiger partial charge in [0, 0.05) is 17.2 Å². The van der Waals surface area contributed by atoms with E-state index >= 15 is 0 Å². The lowest BCUT2D eigenvalue weighted by atomic mass is 10.1. The minimum Gasteiger partial charge on any atom is -0.321 e. The van der Waals surface area contributed by atoms with Crippen molar-refractivity contribution in [1.82, 2.24) is 0 Å². The normalized spacial score (nSPS) is 10.1. The van der Waals surface area contributed by atoms with Crippen molar-refractivity contribution < 1.29 is 9.72 Å². The van der Waals surface area contributed by atoms with Crippen molar-refractivity contribution >= 4 is 17.3 Å². The third-order valence-electron chi connectivity index (χ3n) is 3.02. The summed E-state index contributed by atoms with van der Waals surface area (Å²) in [5.41, 5.74) is 2.33. The molecule has 0 bridgehead atoms. The molecule has 0 saturated heterocycles. The zero-order valence-corrected chi connectivity index (χ0v) is 11.2. The Kier molecular flexibility index (Phi) is 3.79. The molecule has 0 aliphatic rings. The van der Waals surface area contributed by atoms with Gasteiger partial charge in [-0.1, -0.05) is 18.2 Å². The summed E-state index contributed by atoms with van der Waals surface area (Å²) in [7, 11) is 0. The van der Waals surface area contributed by atoms with Gasteiger partial charge in [-0.05, 0) is 37.6 Å². The maximum absolute atomic E-state index is 12.1. The highest BCUT2D eigenvalue weighted by atomic mass is 16.6. The van der Waals surface area contributed by atoms with Crippen LogP contribution in [0.15, 0.2) is 42.5 Å². The van der Waals surface area contributed by atoms with Gasteiger partial charge in [0.1, 0.15) is 0 Å². The van der Waals surface area contributed by atoms with E-state index in [9.17, 15) is 14.9 Å². The molecule has 0 unspecified atom stereocenters. The van der Waals surface area contributed by atoms with Gasteiger partial charge in [0.25, 0.3) is 11.6 Å². The first kappa shape index (κ1) is 13.7. The largest absolute Gasteiger partial charge is 0.321 e. The summed E-state index contributed by atoms with van der Waals surface area (Å²) >= 11 is 0. The molecule has 5 heteroatoms. The van der Waals surface area contributed by atoms with Gasteiger partial charge in [-0.3, -0.25) is 14.9 Å². The molecule has 0 saturated carbocycles. The van der Waals surface area contributed by atoms with Crippen LogP contribution in [0.4, 0.5) is 11.4 Å². The molecule has 0 heterocycles. The van der Waals surface area contributed by atoms with Gasteiger partial charge in [0.2, 0.25) is 0 Å². The molecular formula is C15H14N2O3. The Labute approximate surface area is 116 Å². The van der Waals surface area contributed by atoms with Crippen LogP contribution >= 0.6 is 0 Å². The molecule has 0 aliphatic heterocycles. The van der Waals surface area contributed by atoms with E-state index in [4.69, 9.17) is 0 Å². The number of rotatable bonds is 3. The van der Waals surface area contributed by atoms with Crippen molar-refractivity contribution in [1.29, 1.82) is 0 Å². The van der Waals surface area contributed by atoms with Crippen molar-refractivity contribution in [3.8, 4) is 0 Å². The number of carbonyl (C=O) groups is 1. The number of nitro benzene ring substituents is 1. The van der Waals surface area contributed by atoms with E-state index in [1.807, 2.05) is 6.07 Å². The molecule has 20 heavy (non-hydrogen) atoms. The van der Waals surface area contributed by atoms with E-state index in [1.54, 1.807) is 44.2 Å². The lowest BCUT2D eigenvalue weighted by Gasteiger charge is -2.09. The van der Waals surface area contributed by atoms with Crippen LogP contribution in [0.1, 0.15) is 21.5 Å². The van der Waals surface area contributed by atoms with Crippen LogP contribution in [-0.2, 0) is 0 Å². The fourth-order valence-electron chi connectivity index (χ4n) is 1.96. The van der Waals surface area contributed by atoms with Crippen LogP contribution < -0.4 is 5.32 Å². The van der Waals surface area contributed by atoms with Crippen LogP contribution in [0, 0.1) is 24.0 Å². The number of carbonyl (C=O) groups excluding carboxylic acids is 1. The Morgan fingerprint density at radius 2 is 1.75 bits per heavy atom. The van der Waals surface area contributed by atoms with Gasteiger partial charge in [0.15, 0.2) is 0 Å². The summed E-state index contributed by atoms with van der Waals surface area (Å²) < 4.78 is 0. The van der Waals surface area contributed by atoms with E-state index in [1.165, 1.54) is 6.07 Å². The van der Waals surface area contributed by atoms with Crippen molar-refractivity contribution in [2.45, 2.75) is 13.8 Å². The van der Waals surface area contributed by atoms with Gasteiger partial charge in [-0.2, -0.15) is 0 Å². The van der Waals surface area contributed by atoms with Crippen LogP contribution in [0.5, 0.6) is 0 Å². The van der Waals surface area contributed by atoms with Crippen molar-refractivity contribution in [3.63, 3.8) is 0 Å². The van der Waals surface area contributed by atoms with Gasteiger partial charge in [0.05, 0.1) is 10.6 Å². The summed E-state index contributed by atoms with van der Waals surface area (Å²) in [5.74, 6) is -0.285. The molecule has 102 valence electrons. The molecule has 0 spiro atoms. The number of nitrogens with one attached hydrogen (secondary N) is 1.